The lowest BCUT2D eigenvalue weighted by molar-refractivity contribution is 0.625. The Bertz CT molecular complexity index is 953. The van der Waals surface area contributed by atoms with Gasteiger partial charge in [0.05, 0.1) is 18.8 Å². The number of thioether (sulfide) groups is 1. The monoisotopic (exact) mass is 396 g/mol. The first kappa shape index (κ1) is 20.1. The molecule has 146 valence electrons. The van der Waals surface area contributed by atoms with Crippen LogP contribution in [0.15, 0.2) is 59.7 Å². The third-order valence-electron chi connectivity index (χ3n) is 4.40. The van der Waals surface area contributed by atoms with Crippen molar-refractivity contribution in [3.05, 3.63) is 77.4 Å². The molecule has 6 heteroatoms. The van der Waals surface area contributed by atoms with Crippen LogP contribution in [-0.4, -0.2) is 23.7 Å². The number of guanidine groups is 1. The lowest BCUT2D eigenvalue weighted by Crippen LogP contribution is -2.37. The van der Waals surface area contributed by atoms with Crippen LogP contribution in [0.25, 0.3) is 10.8 Å². The molecule has 2 N–H and O–H groups in total. The Kier molecular flexibility index (Phi) is 7.25. The van der Waals surface area contributed by atoms with Gasteiger partial charge in [0, 0.05) is 23.9 Å². The van der Waals surface area contributed by atoms with E-state index in [0.717, 1.165) is 40.5 Å². The molecule has 3 rings (SSSR count). The minimum Gasteiger partial charge on any atom is -0.357 e. The highest BCUT2D eigenvalue weighted by molar-refractivity contribution is 7.97. The highest BCUT2D eigenvalue weighted by atomic mass is 32.2. The predicted molar refractivity (Wildman–Crippen MR) is 117 cm³/mol. The molecule has 1 aromatic heterocycles. The summed E-state index contributed by atoms with van der Waals surface area (Å²) >= 11 is 1.68. The molecule has 0 atom stereocenters. The summed E-state index contributed by atoms with van der Waals surface area (Å²) in [7, 11) is 0. The summed E-state index contributed by atoms with van der Waals surface area (Å²) in [5, 5.41) is 8.93. The summed E-state index contributed by atoms with van der Waals surface area (Å²) in [4.78, 5) is 9.20. The van der Waals surface area contributed by atoms with Crippen molar-refractivity contribution in [2.24, 2.45) is 4.99 Å². The smallest absolute Gasteiger partial charge is 0.191 e. The summed E-state index contributed by atoms with van der Waals surface area (Å²) in [5.74, 6) is 1.28. The van der Waals surface area contributed by atoms with Crippen molar-refractivity contribution in [3.8, 4) is 0 Å². The molecule has 0 saturated heterocycles. The van der Waals surface area contributed by atoms with E-state index in [-0.39, 0.29) is 5.82 Å². The lowest BCUT2D eigenvalue weighted by atomic mass is 10.1. The number of nitrogens with zero attached hydrogens (tertiary/aromatic N) is 2. The molecule has 0 aliphatic carbocycles. The number of hydrogen-bond donors (Lipinski definition) is 2. The van der Waals surface area contributed by atoms with E-state index in [1.165, 1.54) is 11.5 Å². The molecule has 28 heavy (non-hydrogen) atoms. The Balaban J connectivity index is 1.74. The van der Waals surface area contributed by atoms with E-state index in [9.17, 15) is 4.39 Å². The number of benzene rings is 2. The van der Waals surface area contributed by atoms with Crippen LogP contribution in [0.4, 0.5) is 4.39 Å². The maximum absolute atomic E-state index is 13.5. The second kappa shape index (κ2) is 10.1. The van der Waals surface area contributed by atoms with Crippen molar-refractivity contribution in [2.45, 2.75) is 25.8 Å². The third kappa shape index (κ3) is 5.23. The number of aliphatic imine (C=N–C) groups is 1. The van der Waals surface area contributed by atoms with Gasteiger partial charge >= 0.3 is 0 Å². The van der Waals surface area contributed by atoms with Crippen LogP contribution in [0.3, 0.4) is 0 Å². The standard InChI is InChI=1S/C22H25FN4S/c1-3-24-22(26-13-17-8-9-19(23)12-18(17)15-28-2)27-14-21-20-7-5-4-6-16(20)10-11-25-21/h4-12H,3,13-15H2,1-2H3,(H2,24,26,27). The summed E-state index contributed by atoms with van der Waals surface area (Å²) in [5.41, 5.74) is 3.01. The van der Waals surface area contributed by atoms with E-state index in [1.807, 2.05) is 43.6 Å². The number of rotatable bonds is 7. The zero-order valence-corrected chi connectivity index (χ0v) is 17.0. The Morgan fingerprint density at radius 2 is 1.96 bits per heavy atom. The fraction of sp³-hybridized carbons (Fsp3) is 0.273. The van der Waals surface area contributed by atoms with E-state index >= 15 is 0 Å². The molecule has 2 aromatic carbocycles. The normalized spacial score (nSPS) is 11.6. The fourth-order valence-electron chi connectivity index (χ4n) is 3.04. The van der Waals surface area contributed by atoms with Crippen molar-refractivity contribution in [1.82, 2.24) is 15.6 Å². The van der Waals surface area contributed by atoms with E-state index in [4.69, 9.17) is 0 Å². The van der Waals surface area contributed by atoms with Gasteiger partial charge in [-0.2, -0.15) is 11.8 Å². The largest absolute Gasteiger partial charge is 0.357 e. The highest BCUT2D eigenvalue weighted by Gasteiger charge is 2.06. The molecule has 0 saturated carbocycles. The number of nitrogens with one attached hydrogen (secondary N) is 2. The van der Waals surface area contributed by atoms with Crippen molar-refractivity contribution in [3.63, 3.8) is 0 Å². The maximum Gasteiger partial charge on any atom is 0.191 e. The van der Waals surface area contributed by atoms with Crippen molar-refractivity contribution in [1.29, 1.82) is 0 Å². The van der Waals surface area contributed by atoms with Gasteiger partial charge in [0.15, 0.2) is 5.96 Å². The SMILES string of the molecule is CCNC(=NCc1ccc(F)cc1CSC)NCc1nccc2ccccc12. The van der Waals surface area contributed by atoms with Gasteiger partial charge in [0.2, 0.25) is 0 Å². The van der Waals surface area contributed by atoms with Crippen LogP contribution in [0, 0.1) is 5.82 Å². The van der Waals surface area contributed by atoms with Gasteiger partial charge in [-0.05, 0) is 47.9 Å². The van der Waals surface area contributed by atoms with Gasteiger partial charge in [0.25, 0.3) is 0 Å². The third-order valence-corrected chi connectivity index (χ3v) is 5.00. The number of halogens is 1. The minimum atomic E-state index is -0.205. The van der Waals surface area contributed by atoms with Gasteiger partial charge in [0.1, 0.15) is 5.82 Å². The number of aromatic nitrogens is 1. The molecule has 4 nitrogen and oxygen atoms in total. The topological polar surface area (TPSA) is 49.3 Å². The maximum atomic E-state index is 13.5. The number of pyridine rings is 1. The molecule has 3 aromatic rings. The number of hydrogen-bond acceptors (Lipinski definition) is 3. The number of fused-ring (bicyclic) bond motifs is 1. The molecule has 0 fully saturated rings. The second-order valence-corrected chi connectivity index (χ2v) is 7.24. The zero-order valence-electron chi connectivity index (χ0n) is 16.2. The van der Waals surface area contributed by atoms with Gasteiger partial charge in [-0.1, -0.05) is 30.3 Å². The summed E-state index contributed by atoms with van der Waals surface area (Å²) in [6, 6.07) is 15.1. The highest BCUT2D eigenvalue weighted by Crippen LogP contribution is 2.18. The lowest BCUT2D eigenvalue weighted by Gasteiger charge is -2.13. The van der Waals surface area contributed by atoms with Crippen molar-refractivity contribution in [2.75, 3.05) is 12.8 Å². The Morgan fingerprint density at radius 3 is 2.79 bits per heavy atom. The first-order valence-electron chi connectivity index (χ1n) is 9.32. The average molecular weight is 397 g/mol. The molecule has 0 bridgehead atoms. The molecule has 0 aliphatic heterocycles. The van der Waals surface area contributed by atoms with Crippen LogP contribution < -0.4 is 10.6 Å². The second-order valence-electron chi connectivity index (χ2n) is 6.37. The minimum absolute atomic E-state index is 0.205. The molecular formula is C22H25FN4S. The molecule has 0 spiro atoms. The van der Waals surface area contributed by atoms with Gasteiger partial charge in [-0.25, -0.2) is 9.38 Å². The van der Waals surface area contributed by atoms with Gasteiger partial charge < -0.3 is 10.6 Å². The van der Waals surface area contributed by atoms with Crippen LogP contribution in [0.2, 0.25) is 0 Å². The molecule has 0 amide bonds. The molecule has 0 radical (unpaired) electrons. The predicted octanol–water partition coefficient (Wildman–Crippen LogP) is 4.49. The molecular weight excluding hydrogens is 371 g/mol. The summed E-state index contributed by atoms with van der Waals surface area (Å²) in [6.45, 7) is 3.86. The van der Waals surface area contributed by atoms with E-state index in [2.05, 4.69) is 32.7 Å². The van der Waals surface area contributed by atoms with Crippen LogP contribution in [0.1, 0.15) is 23.7 Å². The van der Waals surface area contributed by atoms with Gasteiger partial charge in [-0.15, -0.1) is 0 Å². The first-order valence-corrected chi connectivity index (χ1v) is 10.7. The van der Waals surface area contributed by atoms with E-state index < -0.39 is 0 Å². The quantitative estimate of drug-likeness (QED) is 0.456. The van der Waals surface area contributed by atoms with Crippen LogP contribution in [-0.2, 0) is 18.8 Å². The Hall–Kier alpha value is -2.60. The average Bonchev–Trinajstić information content (AvgIpc) is 2.71. The Morgan fingerprint density at radius 1 is 1.11 bits per heavy atom. The van der Waals surface area contributed by atoms with Crippen molar-refractivity contribution < 1.29 is 4.39 Å². The van der Waals surface area contributed by atoms with Gasteiger partial charge in [-0.3, -0.25) is 4.98 Å². The van der Waals surface area contributed by atoms with E-state index in [0.29, 0.717) is 13.1 Å². The molecule has 0 unspecified atom stereocenters. The van der Waals surface area contributed by atoms with Crippen LogP contribution in [0.5, 0.6) is 0 Å². The Labute approximate surface area is 169 Å². The zero-order chi connectivity index (χ0) is 19.8. The first-order chi connectivity index (χ1) is 13.7. The molecule has 1 heterocycles. The van der Waals surface area contributed by atoms with Crippen LogP contribution >= 0.6 is 11.8 Å². The molecule has 0 aliphatic rings. The summed E-state index contributed by atoms with van der Waals surface area (Å²) in [6.07, 6.45) is 3.84. The fourth-order valence-corrected chi connectivity index (χ4v) is 3.61. The summed E-state index contributed by atoms with van der Waals surface area (Å²) < 4.78 is 13.5. The van der Waals surface area contributed by atoms with Crippen molar-refractivity contribution >= 4 is 28.5 Å². The van der Waals surface area contributed by atoms with E-state index in [1.54, 1.807) is 17.8 Å².